The SMILES string of the molecule is CCCCCCCCCC(NS(=O)(=O)c1cc(F)c2[nH]cc(C(=O)NCc3ccc(Cl)cc3)c(=O)c2c1)C(=O)O. The van der Waals surface area contributed by atoms with Crippen LogP contribution in [0.15, 0.2) is 52.3 Å². The molecule has 1 unspecified atom stereocenters. The number of hydrogen-bond acceptors (Lipinski definition) is 5. The molecule has 0 aliphatic rings. The number of rotatable bonds is 15. The van der Waals surface area contributed by atoms with Gasteiger partial charge in [0, 0.05) is 17.8 Å². The molecule has 0 radical (unpaired) electrons. The first-order chi connectivity index (χ1) is 19.0. The highest BCUT2D eigenvalue weighted by atomic mass is 35.5. The summed E-state index contributed by atoms with van der Waals surface area (Å²) in [6, 6.07) is 6.91. The Bertz CT molecular complexity index is 1510. The van der Waals surface area contributed by atoms with Crippen LogP contribution in [0.5, 0.6) is 0 Å². The Labute approximate surface area is 237 Å². The van der Waals surface area contributed by atoms with Crippen LogP contribution in [0.25, 0.3) is 10.9 Å². The molecule has 1 aromatic heterocycles. The van der Waals surface area contributed by atoms with Gasteiger partial charge in [-0.15, -0.1) is 0 Å². The summed E-state index contributed by atoms with van der Waals surface area (Å²) >= 11 is 5.86. The van der Waals surface area contributed by atoms with E-state index in [0.717, 1.165) is 56.4 Å². The van der Waals surface area contributed by atoms with Gasteiger partial charge in [-0.05, 0) is 36.2 Å². The minimum atomic E-state index is -4.51. The fourth-order valence-corrected chi connectivity index (χ4v) is 5.65. The van der Waals surface area contributed by atoms with Gasteiger partial charge in [-0.3, -0.25) is 14.4 Å². The van der Waals surface area contributed by atoms with Crippen molar-refractivity contribution in [3.05, 3.63) is 74.8 Å². The average molecular weight is 594 g/mol. The van der Waals surface area contributed by atoms with Gasteiger partial charge in [0.05, 0.1) is 15.8 Å². The van der Waals surface area contributed by atoms with E-state index in [0.29, 0.717) is 17.5 Å². The van der Waals surface area contributed by atoms with Crippen LogP contribution in [-0.2, 0) is 21.4 Å². The number of benzene rings is 2. The van der Waals surface area contributed by atoms with Crippen molar-refractivity contribution in [3.8, 4) is 0 Å². The number of halogens is 2. The van der Waals surface area contributed by atoms with Crippen LogP contribution in [0.3, 0.4) is 0 Å². The van der Waals surface area contributed by atoms with E-state index in [1.54, 1.807) is 24.3 Å². The number of carbonyl (C=O) groups is 2. The molecule has 0 spiro atoms. The van der Waals surface area contributed by atoms with Gasteiger partial charge in [0.1, 0.15) is 17.4 Å². The number of pyridine rings is 1. The van der Waals surface area contributed by atoms with E-state index in [9.17, 15) is 32.3 Å². The van der Waals surface area contributed by atoms with Crippen molar-refractivity contribution in [2.24, 2.45) is 0 Å². The molecular formula is C28H33ClFN3O6S. The van der Waals surface area contributed by atoms with Gasteiger partial charge >= 0.3 is 5.97 Å². The molecule has 12 heteroatoms. The first kappa shape index (κ1) is 31.3. The average Bonchev–Trinajstić information content (AvgIpc) is 2.91. The van der Waals surface area contributed by atoms with Crippen molar-refractivity contribution >= 4 is 44.4 Å². The number of hydrogen-bond donors (Lipinski definition) is 4. The second kappa shape index (κ2) is 14.4. The Morgan fingerprint density at radius 1 is 1.05 bits per heavy atom. The Kier molecular flexibility index (Phi) is 11.2. The fraction of sp³-hybridized carbons (Fsp3) is 0.393. The smallest absolute Gasteiger partial charge is 0.321 e. The van der Waals surface area contributed by atoms with Gasteiger partial charge in [0.15, 0.2) is 0 Å². The lowest BCUT2D eigenvalue weighted by Crippen LogP contribution is -2.40. The molecule has 1 heterocycles. The zero-order valence-electron chi connectivity index (χ0n) is 22.1. The first-order valence-electron chi connectivity index (χ1n) is 13.2. The molecule has 9 nitrogen and oxygen atoms in total. The Balaban J connectivity index is 1.77. The molecule has 1 amide bonds. The summed E-state index contributed by atoms with van der Waals surface area (Å²) in [4.78, 5) is 39.4. The number of aromatic nitrogens is 1. The van der Waals surface area contributed by atoms with Crippen LogP contribution in [0, 0.1) is 5.82 Å². The number of aromatic amines is 1. The largest absolute Gasteiger partial charge is 0.480 e. The van der Waals surface area contributed by atoms with Crippen LogP contribution < -0.4 is 15.5 Å². The summed E-state index contributed by atoms with van der Waals surface area (Å²) in [7, 11) is -4.51. The summed E-state index contributed by atoms with van der Waals surface area (Å²) in [5, 5.41) is 12.3. The summed E-state index contributed by atoms with van der Waals surface area (Å²) in [6.45, 7) is 2.21. The molecule has 0 bridgehead atoms. The quantitative estimate of drug-likeness (QED) is 0.180. The number of H-pyrrole nitrogens is 1. The zero-order chi connectivity index (χ0) is 29.3. The monoisotopic (exact) mass is 593 g/mol. The molecule has 0 fully saturated rings. The van der Waals surface area contributed by atoms with Gasteiger partial charge in [-0.2, -0.15) is 4.72 Å². The maximum Gasteiger partial charge on any atom is 0.321 e. The number of aliphatic carboxylic acids is 1. The summed E-state index contributed by atoms with van der Waals surface area (Å²) in [5.74, 6) is -3.14. The second-order valence-corrected chi connectivity index (χ2v) is 11.7. The molecule has 0 saturated heterocycles. The van der Waals surface area contributed by atoms with E-state index in [-0.39, 0.29) is 29.4 Å². The molecule has 40 heavy (non-hydrogen) atoms. The van der Waals surface area contributed by atoms with Crippen molar-refractivity contribution in [2.75, 3.05) is 0 Å². The standard InChI is InChI=1S/C28H33ClFN3O6S/c1-2-3-4-5-6-7-8-9-24(28(36)37)33-40(38,39)20-14-21-25(23(30)15-20)31-17-22(26(21)34)27(35)32-16-18-10-12-19(29)13-11-18/h10-15,17,24,33H,2-9,16H2,1H3,(H,31,34)(H,32,35)(H,36,37). The third-order valence-corrected chi connectivity index (χ3v) is 8.23. The van der Waals surface area contributed by atoms with Crippen molar-refractivity contribution in [1.29, 1.82) is 0 Å². The maximum absolute atomic E-state index is 14.9. The Morgan fingerprint density at radius 2 is 1.70 bits per heavy atom. The van der Waals surface area contributed by atoms with Gasteiger partial charge < -0.3 is 15.4 Å². The number of sulfonamides is 1. The van der Waals surface area contributed by atoms with E-state index in [1.807, 2.05) is 0 Å². The fourth-order valence-electron chi connectivity index (χ4n) is 4.26. The first-order valence-corrected chi connectivity index (χ1v) is 15.0. The van der Waals surface area contributed by atoms with Gasteiger partial charge in [-0.1, -0.05) is 75.6 Å². The lowest BCUT2D eigenvalue weighted by atomic mass is 10.1. The van der Waals surface area contributed by atoms with Crippen molar-refractivity contribution in [1.82, 2.24) is 15.0 Å². The van der Waals surface area contributed by atoms with Crippen LogP contribution in [0.4, 0.5) is 4.39 Å². The number of carboxylic acids is 1. The number of fused-ring (bicyclic) bond motifs is 1. The predicted molar refractivity (Wildman–Crippen MR) is 152 cm³/mol. The number of carbonyl (C=O) groups excluding carboxylic acids is 1. The lowest BCUT2D eigenvalue weighted by Gasteiger charge is -2.15. The molecule has 0 aliphatic heterocycles. The van der Waals surface area contributed by atoms with Crippen LogP contribution >= 0.6 is 11.6 Å². The highest BCUT2D eigenvalue weighted by Crippen LogP contribution is 2.21. The molecule has 2 aromatic carbocycles. The van der Waals surface area contributed by atoms with Gasteiger partial charge in [0.25, 0.3) is 5.91 Å². The van der Waals surface area contributed by atoms with E-state index in [2.05, 4.69) is 21.9 Å². The number of amides is 1. The van der Waals surface area contributed by atoms with E-state index < -0.39 is 44.1 Å². The van der Waals surface area contributed by atoms with Crippen molar-refractivity contribution < 1.29 is 27.5 Å². The van der Waals surface area contributed by atoms with Crippen LogP contribution in [0.2, 0.25) is 5.02 Å². The van der Waals surface area contributed by atoms with Gasteiger partial charge in [-0.25, -0.2) is 12.8 Å². The Morgan fingerprint density at radius 3 is 2.35 bits per heavy atom. The molecular weight excluding hydrogens is 561 g/mol. The number of unbranched alkanes of at least 4 members (excludes halogenated alkanes) is 6. The molecule has 3 rings (SSSR count). The molecule has 216 valence electrons. The molecule has 4 N–H and O–H groups in total. The van der Waals surface area contributed by atoms with E-state index in [4.69, 9.17) is 11.6 Å². The third-order valence-electron chi connectivity index (χ3n) is 6.53. The molecule has 3 aromatic rings. The Hall–Kier alpha value is -3.28. The van der Waals surface area contributed by atoms with Crippen LogP contribution in [0.1, 0.15) is 74.2 Å². The number of carboxylic acid groups (broad SMARTS) is 1. The topological polar surface area (TPSA) is 145 Å². The minimum Gasteiger partial charge on any atom is -0.480 e. The van der Waals surface area contributed by atoms with E-state index in [1.165, 1.54) is 0 Å². The summed E-state index contributed by atoms with van der Waals surface area (Å²) in [6.07, 6.45) is 7.70. The van der Waals surface area contributed by atoms with Crippen molar-refractivity contribution in [2.45, 2.75) is 75.8 Å². The highest BCUT2D eigenvalue weighted by molar-refractivity contribution is 7.89. The predicted octanol–water partition coefficient (Wildman–Crippen LogP) is 5.12. The lowest BCUT2D eigenvalue weighted by molar-refractivity contribution is -0.139. The normalized spacial score (nSPS) is 12.4. The maximum atomic E-state index is 14.9. The van der Waals surface area contributed by atoms with Crippen molar-refractivity contribution in [3.63, 3.8) is 0 Å². The van der Waals surface area contributed by atoms with Crippen LogP contribution in [-0.4, -0.2) is 36.4 Å². The highest BCUT2D eigenvalue weighted by Gasteiger charge is 2.27. The minimum absolute atomic E-state index is 0.0664. The van der Waals surface area contributed by atoms with Gasteiger partial charge in [0.2, 0.25) is 15.5 Å². The molecule has 0 saturated carbocycles. The zero-order valence-corrected chi connectivity index (χ0v) is 23.7. The third kappa shape index (κ3) is 8.36. The van der Waals surface area contributed by atoms with E-state index >= 15 is 0 Å². The second-order valence-electron chi connectivity index (χ2n) is 9.59. The number of nitrogens with one attached hydrogen (secondary N) is 3. The summed E-state index contributed by atoms with van der Waals surface area (Å²) in [5.41, 5.74) is -0.775. The molecule has 1 atom stereocenters. The summed E-state index contributed by atoms with van der Waals surface area (Å²) < 4.78 is 43.0. The molecule has 0 aliphatic carbocycles.